The summed E-state index contributed by atoms with van der Waals surface area (Å²) in [4.78, 5) is 14.0. The van der Waals surface area contributed by atoms with Crippen LogP contribution in [0.1, 0.15) is 24.0 Å². The van der Waals surface area contributed by atoms with Crippen LogP contribution in [0.4, 0.5) is 0 Å². The molecule has 0 saturated carbocycles. The van der Waals surface area contributed by atoms with E-state index in [1.165, 1.54) is 0 Å². The maximum atomic E-state index is 12.6. The van der Waals surface area contributed by atoms with Gasteiger partial charge in [0.2, 0.25) is 0 Å². The molecule has 1 saturated heterocycles. The first-order chi connectivity index (χ1) is 12.9. The molecule has 2 aromatic rings. The SMILES string of the molecule is Cc1ccc(OCC(=O)N2CCC(S(=O)(=O)Cc3ccccc3)CC2)cc1. The predicted octanol–water partition coefficient (Wildman–Crippen LogP) is 2.98. The van der Waals surface area contributed by atoms with Gasteiger partial charge in [0.05, 0.1) is 11.0 Å². The number of likely N-dealkylation sites (tertiary alicyclic amines) is 1. The van der Waals surface area contributed by atoms with Gasteiger partial charge in [-0.3, -0.25) is 4.79 Å². The molecular formula is C21H25NO4S. The lowest BCUT2D eigenvalue weighted by Crippen LogP contribution is -2.44. The number of aryl methyl sites for hydroxylation is 1. The van der Waals surface area contributed by atoms with E-state index in [1.807, 2.05) is 61.5 Å². The molecule has 0 bridgehead atoms. The molecule has 1 heterocycles. The Labute approximate surface area is 160 Å². The lowest BCUT2D eigenvalue weighted by Gasteiger charge is -2.31. The van der Waals surface area contributed by atoms with Crippen molar-refractivity contribution in [2.75, 3.05) is 19.7 Å². The summed E-state index contributed by atoms with van der Waals surface area (Å²) < 4.78 is 30.8. The van der Waals surface area contributed by atoms with E-state index in [-0.39, 0.29) is 23.5 Å². The summed E-state index contributed by atoms with van der Waals surface area (Å²) >= 11 is 0. The second-order valence-corrected chi connectivity index (χ2v) is 9.26. The van der Waals surface area contributed by atoms with Crippen molar-refractivity contribution in [3.8, 4) is 5.75 Å². The van der Waals surface area contributed by atoms with Crippen LogP contribution in [-0.2, 0) is 20.4 Å². The third-order valence-electron chi connectivity index (χ3n) is 4.90. The van der Waals surface area contributed by atoms with Gasteiger partial charge in [-0.2, -0.15) is 0 Å². The Kier molecular flexibility index (Phi) is 6.16. The number of amides is 1. The highest BCUT2D eigenvalue weighted by atomic mass is 32.2. The lowest BCUT2D eigenvalue weighted by atomic mass is 10.1. The molecule has 2 aromatic carbocycles. The van der Waals surface area contributed by atoms with Crippen LogP contribution in [0.5, 0.6) is 5.75 Å². The van der Waals surface area contributed by atoms with Gasteiger partial charge in [-0.1, -0.05) is 48.0 Å². The van der Waals surface area contributed by atoms with Gasteiger partial charge in [0, 0.05) is 13.1 Å². The van der Waals surface area contributed by atoms with E-state index >= 15 is 0 Å². The fraction of sp³-hybridized carbons (Fsp3) is 0.381. The van der Waals surface area contributed by atoms with Crippen molar-refractivity contribution in [2.24, 2.45) is 0 Å². The Hall–Kier alpha value is -2.34. The number of hydrogen-bond donors (Lipinski definition) is 0. The fourth-order valence-electron chi connectivity index (χ4n) is 3.26. The average molecular weight is 388 g/mol. The van der Waals surface area contributed by atoms with Gasteiger partial charge in [-0.25, -0.2) is 8.42 Å². The minimum Gasteiger partial charge on any atom is -0.484 e. The highest BCUT2D eigenvalue weighted by Crippen LogP contribution is 2.22. The first kappa shape index (κ1) is 19.4. The number of ether oxygens (including phenoxy) is 1. The van der Waals surface area contributed by atoms with Crippen molar-refractivity contribution in [2.45, 2.75) is 30.8 Å². The van der Waals surface area contributed by atoms with E-state index in [9.17, 15) is 13.2 Å². The predicted molar refractivity (Wildman–Crippen MR) is 105 cm³/mol. The minimum absolute atomic E-state index is 0.0233. The van der Waals surface area contributed by atoms with Crippen molar-refractivity contribution >= 4 is 15.7 Å². The van der Waals surface area contributed by atoms with Crippen LogP contribution in [0.15, 0.2) is 54.6 Å². The van der Waals surface area contributed by atoms with E-state index in [1.54, 1.807) is 4.90 Å². The molecule has 0 spiro atoms. The number of rotatable bonds is 6. The second-order valence-electron chi connectivity index (χ2n) is 6.97. The maximum Gasteiger partial charge on any atom is 0.260 e. The van der Waals surface area contributed by atoms with Crippen LogP contribution in [0, 0.1) is 6.92 Å². The summed E-state index contributed by atoms with van der Waals surface area (Å²) in [5.74, 6) is 0.618. The van der Waals surface area contributed by atoms with Gasteiger partial charge >= 0.3 is 0 Å². The van der Waals surface area contributed by atoms with Crippen LogP contribution in [0.2, 0.25) is 0 Å². The lowest BCUT2D eigenvalue weighted by molar-refractivity contribution is -0.134. The van der Waals surface area contributed by atoms with Crippen LogP contribution in [0.25, 0.3) is 0 Å². The normalized spacial score (nSPS) is 15.5. The van der Waals surface area contributed by atoms with Crippen molar-refractivity contribution < 1.29 is 17.9 Å². The molecule has 1 aliphatic rings. The van der Waals surface area contributed by atoms with Crippen molar-refractivity contribution in [3.05, 3.63) is 65.7 Å². The van der Waals surface area contributed by atoms with Gasteiger partial charge < -0.3 is 9.64 Å². The maximum absolute atomic E-state index is 12.6. The Morgan fingerprint density at radius 3 is 2.30 bits per heavy atom. The number of hydrogen-bond acceptors (Lipinski definition) is 4. The fourth-order valence-corrected chi connectivity index (χ4v) is 5.08. The van der Waals surface area contributed by atoms with Gasteiger partial charge in [-0.05, 0) is 37.5 Å². The quantitative estimate of drug-likeness (QED) is 0.764. The molecule has 5 nitrogen and oxygen atoms in total. The molecule has 6 heteroatoms. The smallest absolute Gasteiger partial charge is 0.260 e. The molecule has 0 unspecified atom stereocenters. The molecule has 0 aromatic heterocycles. The average Bonchev–Trinajstić information content (AvgIpc) is 2.68. The molecular weight excluding hydrogens is 362 g/mol. The Morgan fingerprint density at radius 2 is 1.67 bits per heavy atom. The monoisotopic (exact) mass is 387 g/mol. The molecule has 3 rings (SSSR count). The standard InChI is InChI=1S/C21H25NO4S/c1-17-7-9-19(10-8-17)26-15-21(23)22-13-11-20(12-14-22)27(24,25)16-18-5-3-2-4-6-18/h2-10,20H,11-16H2,1H3. The summed E-state index contributed by atoms with van der Waals surface area (Å²) in [5.41, 5.74) is 1.94. The van der Waals surface area contributed by atoms with Crippen LogP contribution < -0.4 is 4.74 Å². The largest absolute Gasteiger partial charge is 0.484 e. The Bertz CT molecular complexity index is 855. The van der Waals surface area contributed by atoms with Gasteiger partial charge in [0.1, 0.15) is 5.75 Å². The topological polar surface area (TPSA) is 63.7 Å². The van der Waals surface area contributed by atoms with Crippen molar-refractivity contribution in [1.29, 1.82) is 0 Å². The molecule has 0 atom stereocenters. The Morgan fingerprint density at radius 1 is 1.04 bits per heavy atom. The van der Waals surface area contributed by atoms with E-state index in [4.69, 9.17) is 4.74 Å². The number of carbonyl (C=O) groups is 1. The molecule has 0 aliphatic carbocycles. The zero-order valence-electron chi connectivity index (χ0n) is 15.5. The summed E-state index contributed by atoms with van der Waals surface area (Å²) in [6.07, 6.45) is 0.955. The van der Waals surface area contributed by atoms with E-state index < -0.39 is 9.84 Å². The van der Waals surface area contributed by atoms with Gasteiger partial charge in [0.15, 0.2) is 16.4 Å². The van der Waals surface area contributed by atoms with Crippen LogP contribution >= 0.6 is 0 Å². The van der Waals surface area contributed by atoms with E-state index in [0.717, 1.165) is 11.1 Å². The van der Waals surface area contributed by atoms with Gasteiger partial charge in [-0.15, -0.1) is 0 Å². The summed E-state index contributed by atoms with van der Waals surface area (Å²) in [6, 6.07) is 16.8. The minimum atomic E-state index is -3.21. The highest BCUT2D eigenvalue weighted by Gasteiger charge is 2.31. The molecule has 0 N–H and O–H groups in total. The molecule has 27 heavy (non-hydrogen) atoms. The first-order valence-corrected chi connectivity index (χ1v) is 10.9. The van der Waals surface area contributed by atoms with Crippen molar-refractivity contribution in [3.63, 3.8) is 0 Å². The molecule has 1 fully saturated rings. The summed E-state index contributed by atoms with van der Waals surface area (Å²) in [7, 11) is -3.21. The second kappa shape index (κ2) is 8.57. The number of benzene rings is 2. The number of nitrogens with zero attached hydrogens (tertiary/aromatic N) is 1. The van der Waals surface area contributed by atoms with E-state index in [2.05, 4.69) is 0 Å². The molecule has 144 valence electrons. The zero-order chi connectivity index (χ0) is 19.3. The third-order valence-corrected chi connectivity index (χ3v) is 7.12. The van der Waals surface area contributed by atoms with Crippen LogP contribution in [-0.4, -0.2) is 44.2 Å². The number of sulfone groups is 1. The molecule has 1 amide bonds. The Balaban J connectivity index is 1.49. The number of piperidine rings is 1. The van der Waals surface area contributed by atoms with Gasteiger partial charge in [0.25, 0.3) is 5.91 Å². The molecule has 0 radical (unpaired) electrons. The highest BCUT2D eigenvalue weighted by molar-refractivity contribution is 7.91. The summed E-state index contributed by atoms with van der Waals surface area (Å²) in [6.45, 7) is 2.87. The van der Waals surface area contributed by atoms with Crippen LogP contribution in [0.3, 0.4) is 0 Å². The third kappa shape index (κ3) is 5.32. The van der Waals surface area contributed by atoms with Crippen molar-refractivity contribution in [1.82, 2.24) is 4.90 Å². The van der Waals surface area contributed by atoms with E-state index in [0.29, 0.717) is 31.7 Å². The molecule has 1 aliphatic heterocycles. The zero-order valence-corrected chi connectivity index (χ0v) is 16.3. The first-order valence-electron chi connectivity index (χ1n) is 9.17. The summed E-state index contributed by atoms with van der Waals surface area (Å²) in [5, 5.41) is -0.389. The number of carbonyl (C=O) groups excluding carboxylic acids is 1.